The largest absolute Gasteiger partial charge is 0.336 e. The molecule has 0 aliphatic rings. The van der Waals surface area contributed by atoms with Crippen molar-refractivity contribution >= 4 is 43.5 Å². The van der Waals surface area contributed by atoms with Crippen molar-refractivity contribution in [1.29, 1.82) is 0 Å². The highest BCUT2D eigenvalue weighted by Gasteiger charge is 2.17. The number of halogens is 2. The number of benzene rings is 2. The predicted octanol–water partition coefficient (Wildman–Crippen LogP) is 2.66. The van der Waals surface area contributed by atoms with Gasteiger partial charge < -0.3 is 10.2 Å². The minimum absolute atomic E-state index is 0.0936. The van der Waals surface area contributed by atoms with Gasteiger partial charge in [-0.05, 0) is 55.0 Å². The van der Waals surface area contributed by atoms with Crippen LogP contribution < -0.4 is 10.0 Å². The van der Waals surface area contributed by atoms with Crippen molar-refractivity contribution in [2.75, 3.05) is 25.5 Å². The molecule has 0 radical (unpaired) electrons. The second kappa shape index (κ2) is 9.95. The van der Waals surface area contributed by atoms with Gasteiger partial charge in [0.15, 0.2) is 0 Å². The Morgan fingerprint density at radius 1 is 1.14 bits per heavy atom. The molecule has 0 saturated carbocycles. The van der Waals surface area contributed by atoms with E-state index < -0.39 is 21.7 Å². The zero-order chi connectivity index (χ0) is 21.6. The van der Waals surface area contributed by atoms with Crippen LogP contribution in [0, 0.1) is 12.7 Å². The number of amides is 2. The summed E-state index contributed by atoms with van der Waals surface area (Å²) < 4.78 is 40.3. The lowest BCUT2D eigenvalue weighted by Crippen LogP contribution is -2.37. The van der Waals surface area contributed by atoms with Crippen LogP contribution in [0.1, 0.15) is 12.0 Å². The van der Waals surface area contributed by atoms with Crippen LogP contribution in [0.4, 0.5) is 10.1 Å². The minimum Gasteiger partial charge on any atom is -0.336 e. The highest BCUT2D eigenvalue weighted by atomic mass is 79.9. The quantitative estimate of drug-likeness (QED) is 0.600. The fourth-order valence-electron chi connectivity index (χ4n) is 2.44. The van der Waals surface area contributed by atoms with Crippen LogP contribution >= 0.6 is 15.9 Å². The van der Waals surface area contributed by atoms with Crippen molar-refractivity contribution in [3.63, 3.8) is 0 Å². The molecule has 2 rings (SSSR count). The van der Waals surface area contributed by atoms with Gasteiger partial charge in [0.05, 0.1) is 11.4 Å². The second-order valence-electron chi connectivity index (χ2n) is 6.36. The second-order valence-corrected chi connectivity index (χ2v) is 9.04. The summed E-state index contributed by atoms with van der Waals surface area (Å²) in [5.41, 5.74) is 1.52. The molecule has 0 aliphatic heterocycles. The van der Waals surface area contributed by atoms with Gasteiger partial charge in [0.25, 0.3) is 0 Å². The first kappa shape index (κ1) is 23.0. The van der Waals surface area contributed by atoms with E-state index in [1.165, 1.54) is 11.9 Å². The Morgan fingerprint density at radius 2 is 1.79 bits per heavy atom. The number of rotatable bonds is 8. The highest BCUT2D eigenvalue weighted by molar-refractivity contribution is 9.10. The van der Waals surface area contributed by atoms with Gasteiger partial charge in [-0.25, -0.2) is 17.5 Å². The topological polar surface area (TPSA) is 95.6 Å². The maximum atomic E-state index is 12.9. The first-order valence-corrected chi connectivity index (χ1v) is 10.9. The molecule has 2 N–H and O–H groups in total. The molecule has 0 aromatic heterocycles. The summed E-state index contributed by atoms with van der Waals surface area (Å²) in [4.78, 5) is 25.4. The predicted molar refractivity (Wildman–Crippen MR) is 111 cm³/mol. The van der Waals surface area contributed by atoms with Gasteiger partial charge in [-0.1, -0.05) is 15.9 Å². The molecule has 0 heterocycles. The first-order valence-electron chi connectivity index (χ1n) is 8.63. The van der Waals surface area contributed by atoms with E-state index in [0.29, 0.717) is 5.69 Å². The Bertz CT molecular complexity index is 997. The van der Waals surface area contributed by atoms with Gasteiger partial charge >= 0.3 is 0 Å². The molecular weight excluding hydrogens is 465 g/mol. The molecule has 2 aromatic rings. The third-order valence-electron chi connectivity index (χ3n) is 4.02. The number of hydrogen-bond acceptors (Lipinski definition) is 4. The van der Waals surface area contributed by atoms with E-state index in [0.717, 1.165) is 34.3 Å². The van der Waals surface area contributed by atoms with E-state index >= 15 is 0 Å². The maximum absolute atomic E-state index is 12.9. The lowest BCUT2D eigenvalue weighted by atomic mass is 10.2. The summed E-state index contributed by atoms with van der Waals surface area (Å²) in [6.45, 7) is 1.54. The third-order valence-corrected chi connectivity index (χ3v) is 5.99. The normalized spacial score (nSPS) is 11.2. The molecule has 156 valence electrons. The van der Waals surface area contributed by atoms with Crippen LogP contribution in [-0.4, -0.2) is 45.3 Å². The van der Waals surface area contributed by atoms with Crippen LogP contribution in [0.25, 0.3) is 0 Å². The Kier molecular flexibility index (Phi) is 7.88. The summed E-state index contributed by atoms with van der Waals surface area (Å²) in [6, 6.07) is 9.77. The van der Waals surface area contributed by atoms with Crippen LogP contribution in [0.15, 0.2) is 51.8 Å². The lowest BCUT2D eigenvalue weighted by Gasteiger charge is -2.17. The number of likely N-dealkylation sites (N-methyl/N-ethyl adjacent to an activating group) is 1. The fraction of sp³-hybridized carbons (Fsp3) is 0.263. The number of aryl methyl sites for hydroxylation is 1. The summed E-state index contributed by atoms with van der Waals surface area (Å²) in [6.07, 6.45) is -0.123. The highest BCUT2D eigenvalue weighted by Crippen LogP contribution is 2.20. The van der Waals surface area contributed by atoms with Crippen LogP contribution in [0.2, 0.25) is 0 Å². The number of anilines is 1. The maximum Gasteiger partial charge on any atom is 0.243 e. The van der Waals surface area contributed by atoms with Crippen molar-refractivity contribution in [2.24, 2.45) is 0 Å². The van der Waals surface area contributed by atoms with Crippen molar-refractivity contribution < 1.29 is 22.4 Å². The number of nitrogens with one attached hydrogen (secondary N) is 2. The third kappa shape index (κ3) is 6.91. The first-order chi connectivity index (χ1) is 13.6. The van der Waals surface area contributed by atoms with Crippen molar-refractivity contribution in [2.45, 2.75) is 18.2 Å². The molecule has 0 unspecified atom stereocenters. The Labute approximate surface area is 177 Å². The number of carbonyl (C=O) groups excluding carboxylic acids is 2. The summed E-state index contributed by atoms with van der Waals surface area (Å²) in [5, 5.41) is 2.73. The van der Waals surface area contributed by atoms with Crippen molar-refractivity contribution in [3.05, 3.63) is 58.3 Å². The molecule has 7 nitrogen and oxygen atoms in total. The zero-order valence-corrected chi connectivity index (χ0v) is 18.3. The molecule has 0 aliphatic carbocycles. The zero-order valence-electron chi connectivity index (χ0n) is 15.9. The van der Waals surface area contributed by atoms with E-state index in [4.69, 9.17) is 0 Å². The van der Waals surface area contributed by atoms with E-state index in [9.17, 15) is 22.4 Å². The van der Waals surface area contributed by atoms with Crippen molar-refractivity contribution in [1.82, 2.24) is 9.62 Å². The van der Waals surface area contributed by atoms with Gasteiger partial charge in [0, 0.05) is 30.2 Å². The Hall–Kier alpha value is -2.30. The van der Waals surface area contributed by atoms with Gasteiger partial charge in [0.1, 0.15) is 5.82 Å². The molecule has 10 heteroatoms. The summed E-state index contributed by atoms with van der Waals surface area (Å²) in [7, 11) is -2.38. The smallest absolute Gasteiger partial charge is 0.243 e. The lowest BCUT2D eigenvalue weighted by molar-refractivity contribution is -0.133. The van der Waals surface area contributed by atoms with Crippen LogP contribution in [0.5, 0.6) is 0 Å². The molecule has 2 aromatic carbocycles. The van der Waals surface area contributed by atoms with Gasteiger partial charge in [0.2, 0.25) is 21.8 Å². The number of carbonyl (C=O) groups is 2. The number of nitrogens with zero attached hydrogens (tertiary/aromatic N) is 1. The van der Waals surface area contributed by atoms with Gasteiger partial charge in [-0.2, -0.15) is 0 Å². The average molecular weight is 486 g/mol. The molecule has 0 atom stereocenters. The molecule has 0 saturated heterocycles. The van der Waals surface area contributed by atoms with Crippen LogP contribution in [0.3, 0.4) is 0 Å². The molecule has 2 amide bonds. The molecule has 0 spiro atoms. The Morgan fingerprint density at radius 3 is 2.41 bits per heavy atom. The molecule has 0 bridgehead atoms. The summed E-state index contributed by atoms with van der Waals surface area (Å²) in [5.74, 6) is -1.30. The SMILES string of the molecule is Cc1cc(Br)ccc1NC(=O)CN(C)C(=O)CCNS(=O)(=O)c1ccc(F)cc1. The number of sulfonamides is 1. The van der Waals surface area contributed by atoms with Crippen molar-refractivity contribution in [3.8, 4) is 0 Å². The minimum atomic E-state index is -3.84. The van der Waals surface area contributed by atoms with E-state index in [2.05, 4.69) is 26.0 Å². The summed E-state index contributed by atoms with van der Waals surface area (Å²) >= 11 is 3.35. The molecular formula is C19H21BrFN3O4S. The molecule has 0 fully saturated rings. The van der Waals surface area contributed by atoms with E-state index in [1.807, 2.05) is 13.0 Å². The van der Waals surface area contributed by atoms with Gasteiger partial charge in [-0.15, -0.1) is 0 Å². The Balaban J connectivity index is 1.82. The monoisotopic (exact) mass is 485 g/mol. The number of hydrogen-bond donors (Lipinski definition) is 2. The molecule has 29 heavy (non-hydrogen) atoms. The van der Waals surface area contributed by atoms with E-state index in [1.54, 1.807) is 12.1 Å². The average Bonchev–Trinajstić information content (AvgIpc) is 2.64. The van der Waals surface area contributed by atoms with E-state index in [-0.39, 0.29) is 30.3 Å². The standard InChI is InChI=1S/C19H21BrFN3O4S/c1-13-11-14(20)3-8-17(13)23-18(25)12-24(2)19(26)9-10-22-29(27,28)16-6-4-15(21)5-7-16/h3-8,11,22H,9-10,12H2,1-2H3,(H,23,25). The fourth-order valence-corrected chi connectivity index (χ4v) is 3.95. The van der Waals surface area contributed by atoms with Gasteiger partial charge in [-0.3, -0.25) is 9.59 Å². The van der Waals surface area contributed by atoms with Crippen LogP contribution in [-0.2, 0) is 19.6 Å².